The van der Waals surface area contributed by atoms with Gasteiger partial charge in [0.15, 0.2) is 5.82 Å². The third-order valence-electron chi connectivity index (χ3n) is 2.90. The average Bonchev–Trinajstić information content (AvgIpc) is 2.92. The van der Waals surface area contributed by atoms with E-state index in [9.17, 15) is 8.78 Å². The summed E-state index contributed by atoms with van der Waals surface area (Å²) >= 11 is 0. The predicted molar refractivity (Wildman–Crippen MR) is 72.8 cm³/mol. The van der Waals surface area contributed by atoms with Crippen LogP contribution >= 0.6 is 0 Å². The molecule has 0 saturated carbocycles. The molecule has 0 bridgehead atoms. The van der Waals surface area contributed by atoms with Crippen LogP contribution in [0.25, 0.3) is 17.2 Å². The van der Waals surface area contributed by atoms with Crippen molar-refractivity contribution in [3.8, 4) is 17.6 Å². The van der Waals surface area contributed by atoms with E-state index in [-0.39, 0.29) is 23.5 Å². The van der Waals surface area contributed by atoms with E-state index < -0.39 is 11.6 Å². The summed E-state index contributed by atoms with van der Waals surface area (Å²) in [5.74, 6) is -1.17. The summed E-state index contributed by atoms with van der Waals surface area (Å²) in [6.07, 6.45) is 5.51. The number of rotatable bonds is 2. The number of tetrazole rings is 1. The number of aromatic nitrogens is 5. The number of hydrogen-bond donors (Lipinski definition) is 0. The first-order chi connectivity index (χ1) is 10.7. The molecule has 0 saturated heterocycles. The SMILES string of the molecule is N#CC1=CCC(n2nnc(-c3ncccc3F)n2)=CC(F)=C1. The van der Waals surface area contributed by atoms with Gasteiger partial charge in [0.1, 0.15) is 11.5 Å². The third-order valence-corrected chi connectivity index (χ3v) is 2.90. The number of nitriles is 1. The fourth-order valence-electron chi connectivity index (χ4n) is 1.88. The molecule has 6 nitrogen and oxygen atoms in total. The van der Waals surface area contributed by atoms with E-state index in [4.69, 9.17) is 5.26 Å². The molecule has 0 unspecified atom stereocenters. The Balaban J connectivity index is 1.96. The van der Waals surface area contributed by atoms with E-state index in [1.54, 1.807) is 6.08 Å². The highest BCUT2D eigenvalue weighted by Gasteiger charge is 2.15. The van der Waals surface area contributed by atoms with Crippen LogP contribution in [0.3, 0.4) is 0 Å². The lowest BCUT2D eigenvalue weighted by Gasteiger charge is -2.00. The Morgan fingerprint density at radius 3 is 2.91 bits per heavy atom. The molecule has 1 aliphatic rings. The molecule has 2 aromatic heterocycles. The van der Waals surface area contributed by atoms with Crippen molar-refractivity contribution in [3.63, 3.8) is 0 Å². The van der Waals surface area contributed by atoms with E-state index >= 15 is 0 Å². The quantitative estimate of drug-likeness (QED) is 0.850. The first kappa shape index (κ1) is 13.8. The Kier molecular flexibility index (Phi) is 3.53. The number of nitrogens with zero attached hydrogens (tertiary/aromatic N) is 6. The lowest BCUT2D eigenvalue weighted by atomic mass is 10.2. The first-order valence-electron chi connectivity index (χ1n) is 6.26. The van der Waals surface area contributed by atoms with Gasteiger partial charge >= 0.3 is 0 Å². The molecule has 0 fully saturated rings. The smallest absolute Gasteiger partial charge is 0.226 e. The van der Waals surface area contributed by atoms with Crippen molar-refractivity contribution in [3.05, 3.63) is 53.8 Å². The molecule has 0 radical (unpaired) electrons. The maximum Gasteiger partial charge on any atom is 0.226 e. The van der Waals surface area contributed by atoms with Crippen LogP contribution in [0.2, 0.25) is 0 Å². The van der Waals surface area contributed by atoms with Gasteiger partial charge in [0.05, 0.1) is 17.3 Å². The minimum atomic E-state index is -0.594. The van der Waals surface area contributed by atoms with Crippen molar-refractivity contribution in [2.75, 3.05) is 0 Å². The van der Waals surface area contributed by atoms with Gasteiger partial charge in [-0.05, 0) is 29.5 Å². The van der Waals surface area contributed by atoms with Gasteiger partial charge in [0, 0.05) is 12.6 Å². The molecule has 8 heteroatoms. The first-order valence-corrected chi connectivity index (χ1v) is 6.26. The molecule has 0 atom stereocenters. The Morgan fingerprint density at radius 2 is 2.14 bits per heavy atom. The number of pyridine rings is 1. The molecular weight excluding hydrogens is 290 g/mol. The molecule has 0 aliphatic heterocycles. The normalized spacial score (nSPS) is 14.5. The summed E-state index contributed by atoms with van der Waals surface area (Å²) in [5, 5.41) is 20.3. The van der Waals surface area contributed by atoms with Gasteiger partial charge in [0.25, 0.3) is 0 Å². The monoisotopic (exact) mass is 298 g/mol. The maximum absolute atomic E-state index is 13.6. The van der Waals surface area contributed by atoms with Gasteiger partial charge in [0.2, 0.25) is 5.82 Å². The zero-order valence-electron chi connectivity index (χ0n) is 11.1. The lowest BCUT2D eigenvalue weighted by Crippen LogP contribution is -2.01. The summed E-state index contributed by atoms with van der Waals surface area (Å²) in [6.45, 7) is 0. The highest BCUT2D eigenvalue weighted by Crippen LogP contribution is 2.21. The van der Waals surface area contributed by atoms with Crippen molar-refractivity contribution < 1.29 is 8.78 Å². The standard InChI is InChI=1S/C14H8F2N6/c15-10-6-9(8-17)3-4-11(7-10)22-20-14(19-21-22)13-12(16)2-1-5-18-13/h1-3,5-7H,4H2. The molecule has 0 N–H and O–H groups in total. The molecular formula is C14H8F2N6. The molecule has 3 rings (SSSR count). The predicted octanol–water partition coefficient (Wildman–Crippen LogP) is 2.42. The van der Waals surface area contributed by atoms with Gasteiger partial charge in [-0.1, -0.05) is 6.08 Å². The van der Waals surface area contributed by atoms with E-state index in [0.29, 0.717) is 5.70 Å². The number of allylic oxidation sites excluding steroid dienone is 6. The van der Waals surface area contributed by atoms with Gasteiger partial charge < -0.3 is 0 Å². The molecule has 0 aromatic carbocycles. The van der Waals surface area contributed by atoms with Crippen LogP contribution in [0.15, 0.2) is 48.0 Å². The van der Waals surface area contributed by atoms with Gasteiger partial charge in [-0.25, -0.2) is 13.8 Å². The van der Waals surface area contributed by atoms with Crippen LogP contribution in [0.4, 0.5) is 8.78 Å². The largest absolute Gasteiger partial charge is 0.250 e. The zero-order valence-corrected chi connectivity index (χ0v) is 11.1. The highest BCUT2D eigenvalue weighted by atomic mass is 19.1. The second-order valence-electron chi connectivity index (χ2n) is 4.38. The zero-order chi connectivity index (χ0) is 15.5. The molecule has 2 aromatic rings. The molecule has 2 heterocycles. The van der Waals surface area contributed by atoms with E-state index in [1.165, 1.54) is 24.4 Å². The molecule has 108 valence electrons. The summed E-state index contributed by atoms with van der Waals surface area (Å²) < 4.78 is 27.3. The van der Waals surface area contributed by atoms with Crippen LogP contribution in [-0.2, 0) is 0 Å². The molecule has 0 amide bonds. The van der Waals surface area contributed by atoms with E-state index in [2.05, 4.69) is 20.4 Å². The minimum Gasteiger partial charge on any atom is -0.250 e. The summed E-state index contributed by atoms with van der Waals surface area (Å²) in [4.78, 5) is 4.94. The van der Waals surface area contributed by atoms with Crippen molar-refractivity contribution in [1.29, 1.82) is 5.26 Å². The fourth-order valence-corrected chi connectivity index (χ4v) is 1.88. The topological polar surface area (TPSA) is 80.3 Å². The van der Waals surface area contributed by atoms with Crippen LogP contribution in [0.1, 0.15) is 6.42 Å². The molecule has 22 heavy (non-hydrogen) atoms. The van der Waals surface area contributed by atoms with Crippen molar-refractivity contribution in [1.82, 2.24) is 25.2 Å². The second kappa shape index (κ2) is 5.65. The summed E-state index contributed by atoms with van der Waals surface area (Å²) in [5.41, 5.74) is 0.543. The minimum absolute atomic E-state index is 0.00267. The Hall–Kier alpha value is -3.21. The average molecular weight is 298 g/mol. The van der Waals surface area contributed by atoms with Crippen LogP contribution < -0.4 is 0 Å². The van der Waals surface area contributed by atoms with Crippen LogP contribution in [0.5, 0.6) is 0 Å². The van der Waals surface area contributed by atoms with Crippen LogP contribution in [0, 0.1) is 17.1 Å². The Bertz CT molecular complexity index is 856. The lowest BCUT2D eigenvalue weighted by molar-refractivity contribution is 0.624. The van der Waals surface area contributed by atoms with Crippen molar-refractivity contribution in [2.24, 2.45) is 0 Å². The molecule has 0 spiro atoms. The van der Waals surface area contributed by atoms with Gasteiger partial charge in [-0.3, -0.25) is 0 Å². The Morgan fingerprint density at radius 1 is 1.27 bits per heavy atom. The number of halogens is 2. The maximum atomic E-state index is 13.6. The van der Waals surface area contributed by atoms with E-state index in [1.807, 2.05) is 6.07 Å². The van der Waals surface area contributed by atoms with Crippen molar-refractivity contribution >= 4 is 5.70 Å². The van der Waals surface area contributed by atoms with E-state index in [0.717, 1.165) is 10.9 Å². The molecule has 1 aliphatic carbocycles. The van der Waals surface area contributed by atoms with Gasteiger partial charge in [-0.2, -0.15) is 5.26 Å². The third kappa shape index (κ3) is 2.64. The summed E-state index contributed by atoms with van der Waals surface area (Å²) in [6, 6.07) is 4.56. The van der Waals surface area contributed by atoms with Crippen LogP contribution in [-0.4, -0.2) is 25.2 Å². The number of hydrogen-bond acceptors (Lipinski definition) is 5. The Labute approximate surface area is 123 Å². The van der Waals surface area contributed by atoms with Gasteiger partial charge in [-0.15, -0.1) is 15.0 Å². The second-order valence-corrected chi connectivity index (χ2v) is 4.38. The van der Waals surface area contributed by atoms with Crippen molar-refractivity contribution in [2.45, 2.75) is 6.42 Å². The fraction of sp³-hybridized carbons (Fsp3) is 0.0714. The highest BCUT2D eigenvalue weighted by molar-refractivity contribution is 5.56. The summed E-state index contributed by atoms with van der Waals surface area (Å²) in [7, 11) is 0.